The Bertz CT molecular complexity index is 1450. The number of pyridine rings is 1. The molecule has 0 fully saturated rings. The zero-order valence-corrected chi connectivity index (χ0v) is 20.3. The molecule has 5 rings (SSSR count). The minimum absolute atomic E-state index is 0.0707. The largest absolute Gasteiger partial charge is 0.494 e. The summed E-state index contributed by atoms with van der Waals surface area (Å²) >= 11 is 6.32. The van der Waals surface area contributed by atoms with Gasteiger partial charge >= 0.3 is 0 Å². The lowest BCUT2D eigenvalue weighted by molar-refractivity contribution is 0.0714. The van der Waals surface area contributed by atoms with E-state index in [0.717, 1.165) is 35.3 Å². The summed E-state index contributed by atoms with van der Waals surface area (Å²) in [5, 5.41) is 0.839. The number of aryl methyl sites for hydroxylation is 1. The third-order valence-corrected chi connectivity index (χ3v) is 6.69. The molecule has 35 heavy (non-hydrogen) atoms. The molecular formula is C28H25ClN2O4. The fraction of sp³-hybridized carbons (Fsp3) is 0.250. The summed E-state index contributed by atoms with van der Waals surface area (Å²) in [6, 6.07) is 14.0. The molecule has 1 aliphatic rings. The standard InChI is InChI=1S/C28H25ClN2O4/c1-3-4-12-34-20-9-7-19(8-10-20)25-24-26(32)21-14-22(29)17(2)13-23(21)35-27(24)28(33)31(25)16-18-6-5-11-30-15-18/h5-11,13-15,25H,3-4,12,16H2,1-2H3. The molecule has 3 heterocycles. The van der Waals surface area contributed by atoms with Crippen molar-refractivity contribution in [3.63, 3.8) is 0 Å². The van der Waals surface area contributed by atoms with Crippen LogP contribution in [-0.2, 0) is 6.54 Å². The number of amides is 1. The highest BCUT2D eigenvalue weighted by molar-refractivity contribution is 6.32. The first-order valence-electron chi connectivity index (χ1n) is 11.7. The Labute approximate surface area is 208 Å². The first-order chi connectivity index (χ1) is 17.0. The van der Waals surface area contributed by atoms with E-state index in [4.69, 9.17) is 20.8 Å². The SMILES string of the molecule is CCCCOc1ccc(C2c3c(oc4cc(C)c(Cl)cc4c3=O)C(=O)N2Cc2cccnc2)cc1. The Morgan fingerprint density at radius 3 is 2.66 bits per heavy atom. The van der Waals surface area contributed by atoms with Crippen molar-refractivity contribution < 1.29 is 13.9 Å². The van der Waals surface area contributed by atoms with E-state index in [9.17, 15) is 9.59 Å². The molecule has 4 aromatic rings. The predicted octanol–water partition coefficient (Wildman–Crippen LogP) is 6.07. The van der Waals surface area contributed by atoms with Crippen molar-refractivity contribution in [2.75, 3.05) is 6.61 Å². The molecule has 0 saturated carbocycles. The summed E-state index contributed by atoms with van der Waals surface area (Å²) in [5.41, 5.74) is 2.85. The first kappa shape index (κ1) is 23.1. The van der Waals surface area contributed by atoms with Gasteiger partial charge in [0.25, 0.3) is 5.91 Å². The molecule has 6 nitrogen and oxygen atoms in total. The van der Waals surface area contributed by atoms with E-state index in [1.165, 1.54) is 0 Å². The van der Waals surface area contributed by atoms with Gasteiger partial charge in [0.15, 0.2) is 5.43 Å². The van der Waals surface area contributed by atoms with E-state index in [-0.39, 0.29) is 23.6 Å². The number of halogens is 1. The Hall–Kier alpha value is -3.64. The van der Waals surface area contributed by atoms with Gasteiger partial charge in [-0.05, 0) is 60.4 Å². The number of carbonyl (C=O) groups is 1. The zero-order valence-electron chi connectivity index (χ0n) is 19.6. The third-order valence-electron chi connectivity index (χ3n) is 6.29. The fourth-order valence-corrected chi connectivity index (χ4v) is 4.58. The molecule has 2 aromatic carbocycles. The molecule has 7 heteroatoms. The first-order valence-corrected chi connectivity index (χ1v) is 12.0. The number of rotatable bonds is 7. The molecule has 0 radical (unpaired) electrons. The van der Waals surface area contributed by atoms with E-state index in [2.05, 4.69) is 11.9 Å². The summed E-state index contributed by atoms with van der Waals surface area (Å²) in [5.74, 6) is 0.489. The maximum Gasteiger partial charge on any atom is 0.291 e. The molecule has 1 aliphatic heterocycles. The molecule has 1 atom stereocenters. The van der Waals surface area contributed by atoms with Crippen molar-refractivity contribution in [1.29, 1.82) is 0 Å². The van der Waals surface area contributed by atoms with E-state index in [1.54, 1.807) is 29.4 Å². The highest BCUT2D eigenvalue weighted by Crippen LogP contribution is 2.40. The highest BCUT2D eigenvalue weighted by Gasteiger charge is 2.42. The van der Waals surface area contributed by atoms with Crippen molar-refractivity contribution in [2.24, 2.45) is 0 Å². The number of fused-ring (bicyclic) bond motifs is 2. The van der Waals surface area contributed by atoms with Gasteiger partial charge in [0, 0.05) is 24.0 Å². The van der Waals surface area contributed by atoms with Gasteiger partial charge in [0.1, 0.15) is 11.3 Å². The Morgan fingerprint density at radius 1 is 1.14 bits per heavy atom. The van der Waals surface area contributed by atoms with Crippen LogP contribution in [0.4, 0.5) is 0 Å². The van der Waals surface area contributed by atoms with Gasteiger partial charge < -0.3 is 14.1 Å². The molecule has 0 bridgehead atoms. The maximum atomic E-state index is 13.7. The molecule has 0 saturated heterocycles. The molecule has 0 N–H and O–H groups in total. The average molecular weight is 489 g/mol. The third kappa shape index (κ3) is 4.30. The van der Waals surface area contributed by atoms with Crippen molar-refractivity contribution in [2.45, 2.75) is 39.3 Å². The topological polar surface area (TPSA) is 72.6 Å². The molecule has 178 valence electrons. The van der Waals surface area contributed by atoms with E-state index in [0.29, 0.717) is 28.2 Å². The fourth-order valence-electron chi connectivity index (χ4n) is 4.42. The van der Waals surface area contributed by atoms with Crippen LogP contribution in [0.1, 0.15) is 58.6 Å². The van der Waals surface area contributed by atoms with Crippen molar-refractivity contribution in [1.82, 2.24) is 9.88 Å². The number of carbonyl (C=O) groups excluding carboxylic acids is 1. The minimum Gasteiger partial charge on any atom is -0.494 e. The van der Waals surface area contributed by atoms with Crippen molar-refractivity contribution in [3.8, 4) is 5.75 Å². The Balaban J connectivity index is 1.63. The smallest absolute Gasteiger partial charge is 0.291 e. The molecule has 0 spiro atoms. The van der Waals surface area contributed by atoms with Crippen molar-refractivity contribution in [3.05, 3.63) is 104 Å². The van der Waals surface area contributed by atoms with Crippen LogP contribution in [0.25, 0.3) is 11.0 Å². The van der Waals surface area contributed by atoms with E-state index < -0.39 is 6.04 Å². The van der Waals surface area contributed by atoms with Crippen LogP contribution in [0, 0.1) is 6.92 Å². The summed E-state index contributed by atoms with van der Waals surface area (Å²) < 4.78 is 11.9. The second kappa shape index (κ2) is 9.55. The Morgan fingerprint density at radius 2 is 1.94 bits per heavy atom. The number of hydrogen-bond donors (Lipinski definition) is 0. The molecule has 1 unspecified atom stereocenters. The molecule has 0 aliphatic carbocycles. The van der Waals surface area contributed by atoms with Gasteiger partial charge in [-0.3, -0.25) is 14.6 Å². The van der Waals surface area contributed by atoms with Crippen LogP contribution in [0.5, 0.6) is 5.75 Å². The lowest BCUT2D eigenvalue weighted by Gasteiger charge is -2.25. The number of benzene rings is 2. The predicted molar refractivity (Wildman–Crippen MR) is 135 cm³/mol. The lowest BCUT2D eigenvalue weighted by atomic mass is 9.98. The molecule has 1 amide bonds. The number of ether oxygens (including phenoxy) is 1. The highest BCUT2D eigenvalue weighted by atomic mass is 35.5. The number of unbranched alkanes of at least 4 members (excludes halogenated alkanes) is 1. The quantitative estimate of drug-likeness (QED) is 0.295. The normalized spacial score (nSPS) is 15.0. The Kier molecular flexibility index (Phi) is 6.31. The van der Waals surface area contributed by atoms with Crippen LogP contribution in [-0.4, -0.2) is 22.4 Å². The number of nitrogens with zero attached hydrogens (tertiary/aromatic N) is 2. The van der Waals surface area contributed by atoms with Crippen LogP contribution < -0.4 is 10.2 Å². The number of aromatic nitrogens is 1. The summed E-state index contributed by atoms with van der Waals surface area (Å²) in [7, 11) is 0. The van der Waals surface area contributed by atoms with E-state index in [1.807, 2.05) is 43.3 Å². The van der Waals surface area contributed by atoms with Gasteiger partial charge in [-0.1, -0.05) is 43.1 Å². The van der Waals surface area contributed by atoms with Gasteiger partial charge in [-0.2, -0.15) is 0 Å². The lowest BCUT2D eigenvalue weighted by Crippen LogP contribution is -2.29. The van der Waals surface area contributed by atoms with E-state index >= 15 is 0 Å². The van der Waals surface area contributed by atoms with Crippen LogP contribution in [0.2, 0.25) is 5.02 Å². The number of hydrogen-bond acceptors (Lipinski definition) is 5. The van der Waals surface area contributed by atoms with Gasteiger partial charge in [-0.25, -0.2) is 0 Å². The zero-order chi connectivity index (χ0) is 24.5. The van der Waals surface area contributed by atoms with Crippen LogP contribution >= 0.6 is 11.6 Å². The second-order valence-corrected chi connectivity index (χ2v) is 9.15. The summed E-state index contributed by atoms with van der Waals surface area (Å²) in [4.78, 5) is 33.1. The molecular weight excluding hydrogens is 464 g/mol. The van der Waals surface area contributed by atoms with Gasteiger partial charge in [0.05, 0.1) is 23.6 Å². The monoisotopic (exact) mass is 488 g/mol. The summed E-state index contributed by atoms with van der Waals surface area (Å²) in [6.45, 7) is 4.87. The van der Waals surface area contributed by atoms with Gasteiger partial charge in [-0.15, -0.1) is 0 Å². The second-order valence-electron chi connectivity index (χ2n) is 8.74. The van der Waals surface area contributed by atoms with Crippen molar-refractivity contribution >= 4 is 28.5 Å². The average Bonchev–Trinajstić information content (AvgIpc) is 3.13. The molecule has 2 aromatic heterocycles. The summed E-state index contributed by atoms with van der Waals surface area (Å²) in [6.07, 6.45) is 5.42. The maximum absolute atomic E-state index is 13.7. The van der Waals surface area contributed by atoms with Crippen LogP contribution in [0.15, 0.2) is 70.1 Å². The van der Waals surface area contributed by atoms with Crippen LogP contribution in [0.3, 0.4) is 0 Å². The van der Waals surface area contributed by atoms with Gasteiger partial charge in [0.2, 0.25) is 5.76 Å². The minimum atomic E-state index is -0.608.